The van der Waals surface area contributed by atoms with E-state index in [1.165, 1.54) is 23.3 Å². The monoisotopic (exact) mass is 256 g/mol. The highest BCUT2D eigenvalue weighted by molar-refractivity contribution is 5.31. The summed E-state index contributed by atoms with van der Waals surface area (Å²) in [4.78, 5) is 0. The number of halogens is 1. The minimum atomic E-state index is -0.580. The lowest BCUT2D eigenvalue weighted by atomic mass is 9.79. The van der Waals surface area contributed by atoms with Crippen LogP contribution in [0.25, 0.3) is 0 Å². The maximum absolute atomic E-state index is 13.2. The first kappa shape index (κ1) is 12.4. The summed E-state index contributed by atoms with van der Waals surface area (Å²) in [5, 5.41) is 10.4. The molecule has 0 radical (unpaired) electrons. The molecule has 2 unspecified atom stereocenters. The van der Waals surface area contributed by atoms with Crippen LogP contribution in [0.4, 0.5) is 4.39 Å². The summed E-state index contributed by atoms with van der Waals surface area (Å²) in [6, 6.07) is 14.7. The summed E-state index contributed by atoms with van der Waals surface area (Å²) in [5.41, 5.74) is 3.38. The van der Waals surface area contributed by atoms with Gasteiger partial charge in [0.25, 0.3) is 0 Å². The highest BCUT2D eigenvalue weighted by Gasteiger charge is 2.25. The Balaban J connectivity index is 1.81. The Labute approximate surface area is 112 Å². The van der Waals surface area contributed by atoms with Crippen LogP contribution in [-0.2, 0) is 12.8 Å². The lowest BCUT2D eigenvalue weighted by Gasteiger charge is -2.28. The first-order chi connectivity index (χ1) is 9.24. The van der Waals surface area contributed by atoms with Gasteiger partial charge < -0.3 is 5.11 Å². The zero-order chi connectivity index (χ0) is 13.2. The van der Waals surface area contributed by atoms with Gasteiger partial charge in [-0.15, -0.1) is 0 Å². The molecular weight excluding hydrogens is 239 g/mol. The molecule has 1 N–H and O–H groups in total. The number of aliphatic hydroxyl groups is 1. The molecule has 1 aliphatic rings. The molecule has 0 aromatic heterocycles. The predicted octanol–water partition coefficient (Wildman–Crippen LogP) is 3.66. The van der Waals surface area contributed by atoms with Gasteiger partial charge in [-0.2, -0.15) is 0 Å². The molecule has 2 aromatic carbocycles. The lowest BCUT2D eigenvalue weighted by Crippen LogP contribution is -2.21. The average Bonchev–Trinajstić information content (AvgIpc) is 2.46. The van der Waals surface area contributed by atoms with E-state index in [1.807, 2.05) is 6.07 Å². The molecular formula is C17H17FO. The second-order valence-corrected chi connectivity index (χ2v) is 5.27. The Kier molecular flexibility index (Phi) is 3.34. The van der Waals surface area contributed by atoms with Crippen molar-refractivity contribution in [3.8, 4) is 0 Å². The molecule has 0 spiro atoms. The van der Waals surface area contributed by atoms with Gasteiger partial charge in [0.2, 0.25) is 0 Å². The van der Waals surface area contributed by atoms with Crippen molar-refractivity contribution < 1.29 is 9.50 Å². The maximum Gasteiger partial charge on any atom is 0.123 e. The van der Waals surface area contributed by atoms with Crippen LogP contribution in [0, 0.1) is 11.7 Å². The second kappa shape index (κ2) is 5.14. The number of fused-ring (bicyclic) bond motifs is 1. The van der Waals surface area contributed by atoms with Crippen molar-refractivity contribution in [1.82, 2.24) is 0 Å². The Bertz CT molecular complexity index is 579. The zero-order valence-corrected chi connectivity index (χ0v) is 10.7. The molecule has 0 saturated heterocycles. The number of hydrogen-bond acceptors (Lipinski definition) is 1. The number of aliphatic hydroxyl groups excluding tert-OH is 1. The summed E-state index contributed by atoms with van der Waals surface area (Å²) in [7, 11) is 0. The largest absolute Gasteiger partial charge is 0.388 e. The van der Waals surface area contributed by atoms with Gasteiger partial charge in [-0.1, -0.05) is 36.4 Å². The summed E-state index contributed by atoms with van der Waals surface area (Å²) in [6.07, 6.45) is 2.24. The molecule has 1 aliphatic carbocycles. The molecule has 2 atom stereocenters. The smallest absolute Gasteiger partial charge is 0.123 e. The molecule has 3 rings (SSSR count). The number of hydrogen-bond donors (Lipinski definition) is 1. The van der Waals surface area contributed by atoms with E-state index in [9.17, 15) is 9.50 Å². The van der Waals surface area contributed by atoms with Gasteiger partial charge in [0.05, 0.1) is 6.10 Å². The minimum Gasteiger partial charge on any atom is -0.388 e. The van der Waals surface area contributed by atoms with Gasteiger partial charge in [0, 0.05) is 0 Å². The van der Waals surface area contributed by atoms with Crippen LogP contribution < -0.4 is 0 Å². The molecule has 98 valence electrons. The second-order valence-electron chi connectivity index (χ2n) is 5.27. The van der Waals surface area contributed by atoms with E-state index in [-0.39, 0.29) is 11.7 Å². The number of rotatable bonds is 2. The third kappa shape index (κ3) is 2.54. The van der Waals surface area contributed by atoms with Crippen LogP contribution >= 0.6 is 0 Å². The average molecular weight is 256 g/mol. The fourth-order valence-electron chi connectivity index (χ4n) is 2.96. The maximum atomic E-state index is 13.2. The Morgan fingerprint density at radius 3 is 2.63 bits per heavy atom. The predicted molar refractivity (Wildman–Crippen MR) is 73.3 cm³/mol. The van der Waals surface area contributed by atoms with Gasteiger partial charge in [0.1, 0.15) is 5.82 Å². The lowest BCUT2D eigenvalue weighted by molar-refractivity contribution is 0.0992. The fourth-order valence-corrected chi connectivity index (χ4v) is 2.96. The van der Waals surface area contributed by atoms with E-state index in [4.69, 9.17) is 0 Å². The van der Waals surface area contributed by atoms with E-state index in [2.05, 4.69) is 18.2 Å². The van der Waals surface area contributed by atoms with Gasteiger partial charge in [-0.3, -0.25) is 0 Å². The summed E-state index contributed by atoms with van der Waals surface area (Å²) in [5.74, 6) is -0.107. The van der Waals surface area contributed by atoms with Crippen LogP contribution in [0.2, 0.25) is 0 Å². The van der Waals surface area contributed by atoms with Crippen molar-refractivity contribution in [2.45, 2.75) is 25.4 Å². The molecule has 2 heteroatoms. The topological polar surface area (TPSA) is 20.2 Å². The Hall–Kier alpha value is -1.67. The summed E-state index contributed by atoms with van der Waals surface area (Å²) in [6.45, 7) is 0. The van der Waals surface area contributed by atoms with Gasteiger partial charge >= 0.3 is 0 Å². The molecule has 0 saturated carbocycles. The van der Waals surface area contributed by atoms with Crippen molar-refractivity contribution >= 4 is 0 Å². The van der Waals surface area contributed by atoms with Crippen LogP contribution in [0.3, 0.4) is 0 Å². The standard InChI is InChI=1S/C17H17FO/c18-16-7-3-6-14(11-16)17(19)15-9-8-12-4-1-2-5-13(12)10-15/h1-7,11,15,17,19H,8-10H2. The van der Waals surface area contributed by atoms with Crippen molar-refractivity contribution in [2.75, 3.05) is 0 Å². The molecule has 0 heterocycles. The Morgan fingerprint density at radius 1 is 1.05 bits per heavy atom. The quantitative estimate of drug-likeness (QED) is 0.869. The summed E-state index contributed by atoms with van der Waals surface area (Å²) < 4.78 is 13.2. The fraction of sp³-hybridized carbons (Fsp3) is 0.294. The van der Waals surface area contributed by atoms with E-state index >= 15 is 0 Å². The third-order valence-corrected chi connectivity index (χ3v) is 4.02. The van der Waals surface area contributed by atoms with E-state index in [0.29, 0.717) is 5.56 Å². The van der Waals surface area contributed by atoms with Crippen molar-refractivity contribution in [2.24, 2.45) is 5.92 Å². The van der Waals surface area contributed by atoms with Crippen LogP contribution in [-0.4, -0.2) is 5.11 Å². The molecule has 0 amide bonds. The van der Waals surface area contributed by atoms with Crippen LogP contribution in [0.5, 0.6) is 0 Å². The van der Waals surface area contributed by atoms with Gasteiger partial charge in [-0.25, -0.2) is 4.39 Å². The molecule has 2 aromatic rings. The Morgan fingerprint density at radius 2 is 1.84 bits per heavy atom. The van der Waals surface area contributed by atoms with Crippen LogP contribution in [0.15, 0.2) is 48.5 Å². The van der Waals surface area contributed by atoms with E-state index in [1.54, 1.807) is 12.1 Å². The van der Waals surface area contributed by atoms with Crippen molar-refractivity contribution in [3.05, 3.63) is 71.0 Å². The van der Waals surface area contributed by atoms with Crippen LogP contribution in [0.1, 0.15) is 29.2 Å². The highest BCUT2D eigenvalue weighted by Crippen LogP contribution is 2.34. The molecule has 0 fully saturated rings. The number of aryl methyl sites for hydroxylation is 1. The van der Waals surface area contributed by atoms with Crippen molar-refractivity contribution in [1.29, 1.82) is 0 Å². The van der Waals surface area contributed by atoms with E-state index < -0.39 is 6.10 Å². The highest BCUT2D eigenvalue weighted by atomic mass is 19.1. The molecule has 0 bridgehead atoms. The van der Waals surface area contributed by atoms with E-state index in [0.717, 1.165) is 19.3 Å². The summed E-state index contributed by atoms with van der Waals surface area (Å²) >= 11 is 0. The molecule has 0 aliphatic heterocycles. The van der Waals surface area contributed by atoms with Gasteiger partial charge in [0.15, 0.2) is 0 Å². The normalized spacial score (nSPS) is 19.8. The number of benzene rings is 2. The molecule has 19 heavy (non-hydrogen) atoms. The SMILES string of the molecule is OC(c1cccc(F)c1)C1CCc2ccccc2C1. The first-order valence-electron chi connectivity index (χ1n) is 6.74. The third-order valence-electron chi connectivity index (χ3n) is 4.02. The molecule has 1 nitrogen and oxygen atoms in total. The first-order valence-corrected chi connectivity index (χ1v) is 6.74. The van der Waals surface area contributed by atoms with Crippen molar-refractivity contribution in [3.63, 3.8) is 0 Å². The minimum absolute atomic E-state index is 0.177. The zero-order valence-electron chi connectivity index (χ0n) is 10.7. The van der Waals surface area contributed by atoms with Gasteiger partial charge in [-0.05, 0) is 54.0 Å².